The Bertz CT molecular complexity index is 556. The largest absolute Gasteiger partial charge is 0.497 e. The highest BCUT2D eigenvalue weighted by atomic mass is 32.1. The van der Waals surface area contributed by atoms with Crippen LogP contribution in [0, 0.1) is 0 Å². The molecule has 3 rings (SSSR count). The quantitative estimate of drug-likeness (QED) is 0.918. The van der Waals surface area contributed by atoms with Crippen molar-refractivity contribution in [3.05, 3.63) is 29.1 Å². The van der Waals surface area contributed by atoms with Crippen molar-refractivity contribution in [2.24, 2.45) is 0 Å². The van der Waals surface area contributed by atoms with Gasteiger partial charge in [-0.25, -0.2) is 4.98 Å². The van der Waals surface area contributed by atoms with Gasteiger partial charge in [0.05, 0.1) is 12.8 Å². The Labute approximate surface area is 117 Å². The van der Waals surface area contributed by atoms with E-state index in [1.165, 1.54) is 30.6 Å². The molecule has 1 aromatic heterocycles. The number of benzene rings is 1. The standard InChI is InChI=1S/C15H18N2OS/c1-18-12-8-6-10(7-9-12)13-14(19-15(16)17-13)11-4-2-3-5-11/h6-9,11H,2-5H2,1H3,(H2,16,17). The van der Waals surface area contributed by atoms with Crippen LogP contribution in [0.3, 0.4) is 0 Å². The molecule has 0 aliphatic heterocycles. The summed E-state index contributed by atoms with van der Waals surface area (Å²) in [5, 5.41) is 0.674. The third-order valence-corrected chi connectivity index (χ3v) is 4.81. The lowest BCUT2D eigenvalue weighted by Gasteiger charge is -2.09. The van der Waals surface area contributed by atoms with Gasteiger partial charge in [-0.15, -0.1) is 11.3 Å². The molecule has 0 saturated heterocycles. The lowest BCUT2D eigenvalue weighted by molar-refractivity contribution is 0.415. The molecular weight excluding hydrogens is 256 g/mol. The van der Waals surface area contributed by atoms with Gasteiger partial charge in [-0.3, -0.25) is 0 Å². The van der Waals surface area contributed by atoms with Gasteiger partial charge in [0.15, 0.2) is 5.13 Å². The van der Waals surface area contributed by atoms with Gasteiger partial charge in [0.1, 0.15) is 5.75 Å². The summed E-state index contributed by atoms with van der Waals surface area (Å²) >= 11 is 1.65. The van der Waals surface area contributed by atoms with E-state index < -0.39 is 0 Å². The van der Waals surface area contributed by atoms with Crippen LogP contribution in [-0.2, 0) is 0 Å². The molecule has 2 N–H and O–H groups in total. The van der Waals surface area contributed by atoms with Gasteiger partial charge in [-0.2, -0.15) is 0 Å². The molecule has 0 unspecified atom stereocenters. The van der Waals surface area contributed by atoms with Gasteiger partial charge in [-0.1, -0.05) is 12.8 Å². The SMILES string of the molecule is COc1ccc(-c2nc(N)sc2C2CCCC2)cc1. The number of nitrogens with two attached hydrogens (primary N) is 1. The molecule has 1 aromatic carbocycles. The second kappa shape index (κ2) is 5.21. The lowest BCUT2D eigenvalue weighted by Crippen LogP contribution is -1.92. The molecule has 1 saturated carbocycles. The first-order chi connectivity index (χ1) is 9.28. The van der Waals surface area contributed by atoms with E-state index in [1.54, 1.807) is 18.4 Å². The van der Waals surface area contributed by atoms with Crippen molar-refractivity contribution < 1.29 is 4.74 Å². The topological polar surface area (TPSA) is 48.1 Å². The molecule has 1 heterocycles. The maximum Gasteiger partial charge on any atom is 0.180 e. The zero-order valence-electron chi connectivity index (χ0n) is 11.1. The molecule has 1 aliphatic carbocycles. The highest BCUT2D eigenvalue weighted by Gasteiger charge is 2.24. The van der Waals surface area contributed by atoms with Crippen molar-refractivity contribution in [3.8, 4) is 17.0 Å². The van der Waals surface area contributed by atoms with E-state index in [4.69, 9.17) is 10.5 Å². The summed E-state index contributed by atoms with van der Waals surface area (Å²) in [7, 11) is 1.68. The Balaban J connectivity index is 1.98. The van der Waals surface area contributed by atoms with E-state index in [9.17, 15) is 0 Å². The van der Waals surface area contributed by atoms with Crippen molar-refractivity contribution in [3.63, 3.8) is 0 Å². The predicted molar refractivity (Wildman–Crippen MR) is 79.7 cm³/mol. The first kappa shape index (κ1) is 12.5. The van der Waals surface area contributed by atoms with E-state index in [0.717, 1.165) is 17.0 Å². The Morgan fingerprint density at radius 3 is 2.53 bits per heavy atom. The molecule has 0 spiro atoms. The van der Waals surface area contributed by atoms with E-state index in [1.807, 2.05) is 12.1 Å². The zero-order chi connectivity index (χ0) is 13.2. The zero-order valence-corrected chi connectivity index (χ0v) is 11.9. The van der Waals surface area contributed by atoms with Crippen LogP contribution >= 0.6 is 11.3 Å². The number of nitrogen functional groups attached to an aromatic ring is 1. The van der Waals surface area contributed by atoms with Gasteiger partial charge in [-0.05, 0) is 43.0 Å². The van der Waals surface area contributed by atoms with Crippen LogP contribution in [0.2, 0.25) is 0 Å². The fraction of sp³-hybridized carbons (Fsp3) is 0.400. The maximum atomic E-state index is 5.92. The number of thiazole rings is 1. The third kappa shape index (κ3) is 2.45. The highest BCUT2D eigenvalue weighted by molar-refractivity contribution is 7.15. The minimum Gasteiger partial charge on any atom is -0.497 e. The van der Waals surface area contributed by atoms with E-state index in [0.29, 0.717) is 11.0 Å². The summed E-state index contributed by atoms with van der Waals surface area (Å²) in [6.45, 7) is 0. The van der Waals surface area contributed by atoms with E-state index in [-0.39, 0.29) is 0 Å². The Kier molecular flexibility index (Phi) is 3.42. The van der Waals surface area contributed by atoms with E-state index in [2.05, 4.69) is 17.1 Å². The number of aromatic nitrogens is 1. The summed E-state index contributed by atoms with van der Waals surface area (Å²) < 4.78 is 5.20. The minimum atomic E-state index is 0.645. The van der Waals surface area contributed by atoms with Crippen molar-refractivity contribution >= 4 is 16.5 Å². The third-order valence-electron chi connectivity index (χ3n) is 3.76. The fourth-order valence-corrected chi connectivity index (χ4v) is 3.79. The number of rotatable bonds is 3. The number of anilines is 1. The Hall–Kier alpha value is -1.55. The Morgan fingerprint density at radius 2 is 1.89 bits per heavy atom. The molecule has 0 amide bonds. The van der Waals surface area contributed by atoms with Crippen molar-refractivity contribution in [2.45, 2.75) is 31.6 Å². The number of nitrogens with zero attached hydrogens (tertiary/aromatic N) is 1. The van der Waals surface area contributed by atoms with Gasteiger partial charge in [0.2, 0.25) is 0 Å². The van der Waals surface area contributed by atoms with E-state index >= 15 is 0 Å². The molecule has 100 valence electrons. The summed E-state index contributed by atoms with van der Waals surface area (Å²) in [6, 6.07) is 8.07. The minimum absolute atomic E-state index is 0.645. The summed E-state index contributed by atoms with van der Waals surface area (Å²) in [6.07, 6.45) is 5.19. The predicted octanol–water partition coefficient (Wildman–Crippen LogP) is 4.06. The van der Waals surface area contributed by atoms with Gasteiger partial charge in [0, 0.05) is 10.4 Å². The van der Waals surface area contributed by atoms with Crippen LogP contribution in [0.4, 0.5) is 5.13 Å². The lowest BCUT2D eigenvalue weighted by atomic mass is 10.0. The van der Waals surface area contributed by atoms with Crippen LogP contribution < -0.4 is 10.5 Å². The molecule has 2 aromatic rings. The first-order valence-corrected chi connectivity index (χ1v) is 7.50. The molecule has 3 nitrogen and oxygen atoms in total. The monoisotopic (exact) mass is 274 g/mol. The molecule has 1 fully saturated rings. The average Bonchev–Trinajstić information content (AvgIpc) is 3.07. The molecule has 0 radical (unpaired) electrons. The van der Waals surface area contributed by atoms with Crippen LogP contribution in [0.25, 0.3) is 11.3 Å². The molecule has 4 heteroatoms. The van der Waals surface area contributed by atoms with Gasteiger partial charge < -0.3 is 10.5 Å². The highest BCUT2D eigenvalue weighted by Crippen LogP contribution is 2.43. The smallest absolute Gasteiger partial charge is 0.180 e. The number of hydrogen-bond donors (Lipinski definition) is 1. The number of hydrogen-bond acceptors (Lipinski definition) is 4. The average molecular weight is 274 g/mol. The molecule has 19 heavy (non-hydrogen) atoms. The fourth-order valence-electron chi connectivity index (χ4n) is 2.77. The second-order valence-electron chi connectivity index (χ2n) is 4.97. The van der Waals surface area contributed by atoms with Crippen LogP contribution in [0.15, 0.2) is 24.3 Å². The molecule has 1 aliphatic rings. The summed E-state index contributed by atoms with van der Waals surface area (Å²) in [5.41, 5.74) is 8.12. The molecule has 0 atom stereocenters. The number of ether oxygens (including phenoxy) is 1. The van der Waals surface area contributed by atoms with Gasteiger partial charge >= 0.3 is 0 Å². The Morgan fingerprint density at radius 1 is 1.21 bits per heavy atom. The van der Waals surface area contributed by atoms with Crippen LogP contribution in [0.1, 0.15) is 36.5 Å². The van der Waals surface area contributed by atoms with Crippen molar-refractivity contribution in [1.29, 1.82) is 0 Å². The molecular formula is C15H18N2OS. The summed E-state index contributed by atoms with van der Waals surface area (Å²) in [5.74, 6) is 1.52. The first-order valence-electron chi connectivity index (χ1n) is 6.68. The number of methoxy groups -OCH3 is 1. The van der Waals surface area contributed by atoms with Crippen molar-refractivity contribution in [1.82, 2.24) is 4.98 Å². The second-order valence-corrected chi connectivity index (χ2v) is 6.04. The normalized spacial score (nSPS) is 15.8. The van der Waals surface area contributed by atoms with Crippen LogP contribution in [0.5, 0.6) is 5.75 Å². The van der Waals surface area contributed by atoms with Gasteiger partial charge in [0.25, 0.3) is 0 Å². The molecule has 0 bridgehead atoms. The maximum absolute atomic E-state index is 5.92. The summed E-state index contributed by atoms with van der Waals surface area (Å²) in [4.78, 5) is 5.90. The van der Waals surface area contributed by atoms with Crippen LogP contribution in [-0.4, -0.2) is 12.1 Å². The van der Waals surface area contributed by atoms with Crippen molar-refractivity contribution in [2.75, 3.05) is 12.8 Å².